The van der Waals surface area contributed by atoms with Crippen molar-refractivity contribution in [2.24, 2.45) is 11.7 Å². The van der Waals surface area contributed by atoms with E-state index in [1.165, 1.54) is 0 Å². The standard InChI is InChI=1S/C12H21N3O6/c1-3-6(2)10(12(21)14-5-9(18)19)15-11(20)7(13)4-8(16)17/h6-7,10H,3-5,13H2,1-2H3,(H,14,21)(H,15,20)(H,16,17)(H,18,19)/t6-,7-,10-/m0/s1. The van der Waals surface area contributed by atoms with Crippen LogP contribution >= 0.6 is 0 Å². The minimum absolute atomic E-state index is 0.264. The Kier molecular flexibility index (Phi) is 7.99. The molecule has 9 heteroatoms. The molecule has 0 rings (SSSR count). The molecule has 0 unspecified atom stereocenters. The number of aliphatic carboxylic acids is 2. The van der Waals surface area contributed by atoms with Crippen LogP contribution in [-0.4, -0.2) is 52.6 Å². The number of carbonyl (C=O) groups excluding carboxylic acids is 2. The van der Waals surface area contributed by atoms with Gasteiger partial charge in [0.2, 0.25) is 11.8 Å². The molecular weight excluding hydrogens is 282 g/mol. The first-order chi connectivity index (χ1) is 9.68. The maximum absolute atomic E-state index is 11.9. The number of nitrogens with two attached hydrogens (primary N) is 1. The first kappa shape index (κ1) is 18.8. The van der Waals surface area contributed by atoms with Gasteiger partial charge in [0.1, 0.15) is 12.6 Å². The van der Waals surface area contributed by atoms with Crippen molar-refractivity contribution in [2.45, 2.75) is 38.8 Å². The zero-order valence-corrected chi connectivity index (χ0v) is 12.0. The smallest absolute Gasteiger partial charge is 0.322 e. The van der Waals surface area contributed by atoms with Crippen molar-refractivity contribution in [2.75, 3.05) is 6.54 Å². The maximum Gasteiger partial charge on any atom is 0.322 e. The van der Waals surface area contributed by atoms with Crippen molar-refractivity contribution < 1.29 is 29.4 Å². The van der Waals surface area contributed by atoms with Crippen molar-refractivity contribution in [3.8, 4) is 0 Å². The summed E-state index contributed by atoms with van der Waals surface area (Å²) in [5.41, 5.74) is 5.41. The summed E-state index contributed by atoms with van der Waals surface area (Å²) in [5, 5.41) is 21.6. The average Bonchev–Trinajstić information content (AvgIpc) is 2.40. The van der Waals surface area contributed by atoms with Crippen molar-refractivity contribution in [3.63, 3.8) is 0 Å². The van der Waals surface area contributed by atoms with Crippen LogP contribution in [-0.2, 0) is 19.2 Å². The van der Waals surface area contributed by atoms with Crippen molar-refractivity contribution >= 4 is 23.8 Å². The van der Waals surface area contributed by atoms with Gasteiger partial charge in [-0.2, -0.15) is 0 Å². The van der Waals surface area contributed by atoms with Crippen LogP contribution in [0.2, 0.25) is 0 Å². The van der Waals surface area contributed by atoms with Gasteiger partial charge in [-0.1, -0.05) is 20.3 Å². The predicted octanol–water partition coefficient (Wildman–Crippen LogP) is -1.48. The van der Waals surface area contributed by atoms with Crippen LogP contribution in [0.3, 0.4) is 0 Å². The lowest BCUT2D eigenvalue weighted by Crippen LogP contribution is -2.55. The Morgan fingerprint density at radius 3 is 2.10 bits per heavy atom. The van der Waals surface area contributed by atoms with Crippen LogP contribution in [0.15, 0.2) is 0 Å². The summed E-state index contributed by atoms with van der Waals surface area (Å²) in [6.07, 6.45) is -0.00455. The summed E-state index contributed by atoms with van der Waals surface area (Å²) in [6.45, 7) is 2.93. The lowest BCUT2D eigenvalue weighted by atomic mass is 9.97. The van der Waals surface area contributed by atoms with Gasteiger partial charge in [0, 0.05) is 0 Å². The molecule has 6 N–H and O–H groups in total. The molecule has 0 radical (unpaired) electrons. The molecule has 0 aliphatic heterocycles. The Morgan fingerprint density at radius 1 is 1.10 bits per heavy atom. The molecule has 0 aromatic carbocycles. The number of rotatable bonds is 9. The zero-order chi connectivity index (χ0) is 16.6. The third-order valence-electron chi connectivity index (χ3n) is 2.94. The number of nitrogens with one attached hydrogen (secondary N) is 2. The monoisotopic (exact) mass is 303 g/mol. The van der Waals surface area contributed by atoms with Gasteiger partial charge >= 0.3 is 11.9 Å². The van der Waals surface area contributed by atoms with Crippen LogP contribution in [0, 0.1) is 5.92 Å². The molecule has 0 aliphatic rings. The van der Waals surface area contributed by atoms with E-state index in [1.54, 1.807) is 13.8 Å². The molecule has 0 aromatic heterocycles. The van der Waals surface area contributed by atoms with Crippen LogP contribution in [0.1, 0.15) is 26.7 Å². The Labute approximate surface area is 121 Å². The number of hydrogen-bond acceptors (Lipinski definition) is 5. The third-order valence-corrected chi connectivity index (χ3v) is 2.94. The van der Waals surface area contributed by atoms with Gasteiger partial charge in [-0.25, -0.2) is 0 Å². The molecule has 0 saturated heterocycles. The molecule has 0 bridgehead atoms. The van der Waals surface area contributed by atoms with E-state index in [-0.39, 0.29) is 5.92 Å². The van der Waals surface area contributed by atoms with Gasteiger partial charge in [-0.05, 0) is 5.92 Å². The Balaban J connectivity index is 4.76. The summed E-state index contributed by atoms with van der Waals surface area (Å²) >= 11 is 0. The molecule has 120 valence electrons. The Bertz CT molecular complexity index is 412. The highest BCUT2D eigenvalue weighted by molar-refractivity contribution is 5.92. The molecule has 21 heavy (non-hydrogen) atoms. The largest absolute Gasteiger partial charge is 0.481 e. The predicted molar refractivity (Wildman–Crippen MR) is 72.3 cm³/mol. The van der Waals surface area contributed by atoms with Crippen LogP contribution in [0.25, 0.3) is 0 Å². The average molecular weight is 303 g/mol. The minimum Gasteiger partial charge on any atom is -0.481 e. The fourth-order valence-corrected chi connectivity index (χ4v) is 1.52. The first-order valence-corrected chi connectivity index (χ1v) is 6.46. The topological polar surface area (TPSA) is 159 Å². The second-order valence-electron chi connectivity index (χ2n) is 4.69. The minimum atomic E-state index is -1.28. The number of hydrogen-bond donors (Lipinski definition) is 5. The molecular formula is C12H21N3O6. The van der Waals surface area contributed by atoms with Gasteiger partial charge in [-0.3, -0.25) is 19.2 Å². The molecule has 0 spiro atoms. The number of carboxylic acids is 2. The fourth-order valence-electron chi connectivity index (χ4n) is 1.52. The summed E-state index contributed by atoms with van der Waals surface area (Å²) in [5.74, 6) is -4.12. The number of carboxylic acid groups (broad SMARTS) is 2. The van der Waals surface area contributed by atoms with E-state index in [4.69, 9.17) is 15.9 Å². The van der Waals surface area contributed by atoms with E-state index in [0.29, 0.717) is 6.42 Å². The van der Waals surface area contributed by atoms with E-state index in [0.717, 1.165) is 0 Å². The summed E-state index contributed by atoms with van der Waals surface area (Å²) in [4.78, 5) is 44.6. The Hall–Kier alpha value is -2.16. The van der Waals surface area contributed by atoms with Crippen molar-refractivity contribution in [1.29, 1.82) is 0 Å². The van der Waals surface area contributed by atoms with Gasteiger partial charge in [0.15, 0.2) is 0 Å². The lowest BCUT2D eigenvalue weighted by Gasteiger charge is -2.24. The van der Waals surface area contributed by atoms with Crippen molar-refractivity contribution in [1.82, 2.24) is 10.6 Å². The molecule has 0 aromatic rings. The van der Waals surface area contributed by atoms with E-state index in [9.17, 15) is 19.2 Å². The molecule has 9 nitrogen and oxygen atoms in total. The summed E-state index contributed by atoms with van der Waals surface area (Å²) in [7, 11) is 0. The highest BCUT2D eigenvalue weighted by Crippen LogP contribution is 2.08. The van der Waals surface area contributed by atoms with Gasteiger partial charge in [-0.15, -0.1) is 0 Å². The van der Waals surface area contributed by atoms with Gasteiger partial charge in [0.05, 0.1) is 12.5 Å². The van der Waals surface area contributed by atoms with Gasteiger partial charge < -0.3 is 26.6 Å². The zero-order valence-electron chi connectivity index (χ0n) is 12.0. The normalized spacial score (nSPS) is 14.6. The van der Waals surface area contributed by atoms with E-state index in [1.807, 2.05) is 0 Å². The van der Waals surface area contributed by atoms with E-state index >= 15 is 0 Å². The molecule has 2 amide bonds. The third kappa shape index (κ3) is 7.25. The molecule has 0 heterocycles. The fraction of sp³-hybridized carbons (Fsp3) is 0.667. The second kappa shape index (κ2) is 8.90. The van der Waals surface area contributed by atoms with Crippen LogP contribution < -0.4 is 16.4 Å². The van der Waals surface area contributed by atoms with Crippen LogP contribution in [0.4, 0.5) is 0 Å². The summed E-state index contributed by atoms with van der Waals surface area (Å²) < 4.78 is 0. The summed E-state index contributed by atoms with van der Waals surface area (Å²) in [6, 6.07) is -2.25. The van der Waals surface area contributed by atoms with Crippen molar-refractivity contribution in [3.05, 3.63) is 0 Å². The van der Waals surface area contributed by atoms with Crippen LogP contribution in [0.5, 0.6) is 0 Å². The maximum atomic E-state index is 11.9. The van der Waals surface area contributed by atoms with Gasteiger partial charge in [0.25, 0.3) is 0 Å². The molecule has 3 atom stereocenters. The second-order valence-corrected chi connectivity index (χ2v) is 4.69. The number of amides is 2. The first-order valence-electron chi connectivity index (χ1n) is 6.46. The molecule has 0 aliphatic carbocycles. The molecule has 0 saturated carbocycles. The quantitative estimate of drug-likeness (QED) is 0.347. The SMILES string of the molecule is CC[C@H](C)[C@H](NC(=O)[C@@H](N)CC(=O)O)C(=O)NCC(=O)O. The van der Waals surface area contributed by atoms with E-state index < -0.39 is 48.8 Å². The number of carbonyl (C=O) groups is 4. The van der Waals surface area contributed by atoms with E-state index in [2.05, 4.69) is 10.6 Å². The lowest BCUT2D eigenvalue weighted by molar-refractivity contribution is -0.140. The highest BCUT2D eigenvalue weighted by atomic mass is 16.4. The highest BCUT2D eigenvalue weighted by Gasteiger charge is 2.28. The Morgan fingerprint density at radius 2 is 1.67 bits per heavy atom. The molecule has 0 fully saturated rings.